The van der Waals surface area contributed by atoms with Gasteiger partial charge in [-0.15, -0.1) is 0 Å². The summed E-state index contributed by atoms with van der Waals surface area (Å²) in [6.07, 6.45) is 4.33. The van der Waals surface area contributed by atoms with Crippen molar-refractivity contribution < 1.29 is 14.7 Å². The van der Waals surface area contributed by atoms with Crippen molar-refractivity contribution in [3.63, 3.8) is 0 Å². The van der Waals surface area contributed by atoms with Crippen molar-refractivity contribution in [1.29, 1.82) is 0 Å². The molecule has 6 nitrogen and oxygen atoms in total. The third-order valence-corrected chi connectivity index (χ3v) is 2.65. The minimum Gasteiger partial charge on any atom is -0.478 e. The van der Waals surface area contributed by atoms with Crippen molar-refractivity contribution in [2.24, 2.45) is 0 Å². The third-order valence-electron chi connectivity index (χ3n) is 2.65. The molecule has 1 aromatic rings. The van der Waals surface area contributed by atoms with Crippen LogP contribution in [0.5, 0.6) is 0 Å². The number of carboxylic acid groups (broad SMARTS) is 1. The molecule has 16 heavy (non-hydrogen) atoms. The highest BCUT2D eigenvalue weighted by Crippen LogP contribution is 2.09. The Morgan fingerprint density at radius 1 is 1.50 bits per heavy atom. The van der Waals surface area contributed by atoms with Crippen molar-refractivity contribution in [3.05, 3.63) is 18.0 Å². The highest BCUT2D eigenvalue weighted by Gasteiger charge is 2.19. The molecule has 1 amide bonds. The van der Waals surface area contributed by atoms with Crippen molar-refractivity contribution >= 4 is 11.9 Å². The van der Waals surface area contributed by atoms with E-state index in [1.54, 1.807) is 9.58 Å². The first-order valence-electron chi connectivity index (χ1n) is 5.20. The Bertz CT molecular complexity index is 413. The monoisotopic (exact) mass is 223 g/mol. The first-order valence-corrected chi connectivity index (χ1v) is 5.20. The molecule has 0 spiro atoms. The first kappa shape index (κ1) is 10.7. The Kier molecular flexibility index (Phi) is 2.89. The van der Waals surface area contributed by atoms with Gasteiger partial charge in [0.25, 0.3) is 0 Å². The number of aromatic nitrogens is 2. The average Bonchev–Trinajstić information content (AvgIpc) is 2.83. The predicted molar refractivity (Wildman–Crippen MR) is 55.0 cm³/mol. The zero-order valence-electron chi connectivity index (χ0n) is 8.80. The molecule has 2 heterocycles. The fourth-order valence-electron chi connectivity index (χ4n) is 1.76. The van der Waals surface area contributed by atoms with Crippen molar-refractivity contribution in [3.8, 4) is 0 Å². The molecular formula is C10H13N3O3. The Morgan fingerprint density at radius 3 is 2.88 bits per heavy atom. The molecule has 1 N–H and O–H groups in total. The van der Waals surface area contributed by atoms with Gasteiger partial charge in [0, 0.05) is 25.7 Å². The first-order chi connectivity index (χ1) is 7.66. The Balaban J connectivity index is 1.89. The fraction of sp³-hybridized carbons (Fsp3) is 0.500. The molecule has 1 aliphatic rings. The number of carboxylic acids is 1. The van der Waals surface area contributed by atoms with Gasteiger partial charge in [-0.3, -0.25) is 9.48 Å². The lowest BCUT2D eigenvalue weighted by Gasteiger charge is -2.14. The molecule has 0 bridgehead atoms. The second-order valence-corrected chi connectivity index (χ2v) is 3.78. The van der Waals surface area contributed by atoms with Gasteiger partial charge in [-0.25, -0.2) is 4.79 Å². The van der Waals surface area contributed by atoms with Gasteiger partial charge >= 0.3 is 5.97 Å². The van der Waals surface area contributed by atoms with Crippen LogP contribution in [0.2, 0.25) is 0 Å². The molecule has 0 aliphatic carbocycles. The van der Waals surface area contributed by atoms with E-state index in [0.29, 0.717) is 19.5 Å². The SMILES string of the molecule is O=C(O)c1cnn(CCN2CCCC2=O)c1. The topological polar surface area (TPSA) is 75.4 Å². The highest BCUT2D eigenvalue weighted by atomic mass is 16.4. The van der Waals surface area contributed by atoms with E-state index >= 15 is 0 Å². The van der Waals surface area contributed by atoms with Crippen molar-refractivity contribution in [2.75, 3.05) is 13.1 Å². The summed E-state index contributed by atoms with van der Waals surface area (Å²) in [5, 5.41) is 12.6. The van der Waals surface area contributed by atoms with E-state index in [9.17, 15) is 9.59 Å². The summed E-state index contributed by atoms with van der Waals surface area (Å²) in [6.45, 7) is 1.94. The molecule has 0 unspecified atom stereocenters. The van der Waals surface area contributed by atoms with E-state index < -0.39 is 5.97 Å². The number of amides is 1. The number of rotatable bonds is 4. The Hall–Kier alpha value is -1.85. The zero-order chi connectivity index (χ0) is 11.5. The van der Waals surface area contributed by atoms with Gasteiger partial charge in [-0.05, 0) is 6.42 Å². The molecule has 86 valence electrons. The number of carbonyl (C=O) groups is 2. The quantitative estimate of drug-likeness (QED) is 0.791. The van der Waals surface area contributed by atoms with Crippen LogP contribution in [0.4, 0.5) is 0 Å². The maximum atomic E-state index is 11.3. The van der Waals surface area contributed by atoms with Crippen LogP contribution >= 0.6 is 0 Å². The maximum absolute atomic E-state index is 11.3. The minimum absolute atomic E-state index is 0.172. The predicted octanol–water partition coefficient (Wildman–Crippen LogP) is 0.204. The summed E-state index contributed by atoms with van der Waals surface area (Å²) < 4.78 is 1.55. The fourth-order valence-corrected chi connectivity index (χ4v) is 1.76. The zero-order valence-corrected chi connectivity index (χ0v) is 8.80. The van der Waals surface area contributed by atoms with Crippen LogP contribution in [-0.2, 0) is 11.3 Å². The molecule has 1 aromatic heterocycles. The number of likely N-dealkylation sites (tertiary alicyclic amines) is 1. The normalized spacial score (nSPS) is 15.8. The average molecular weight is 223 g/mol. The van der Waals surface area contributed by atoms with Crippen LogP contribution in [0.1, 0.15) is 23.2 Å². The highest BCUT2D eigenvalue weighted by molar-refractivity contribution is 5.86. The van der Waals surface area contributed by atoms with Gasteiger partial charge in [0.15, 0.2) is 0 Å². The van der Waals surface area contributed by atoms with Gasteiger partial charge in [0.1, 0.15) is 0 Å². The van der Waals surface area contributed by atoms with E-state index in [4.69, 9.17) is 5.11 Å². The summed E-state index contributed by atoms with van der Waals surface area (Å²) in [7, 11) is 0. The number of nitrogens with zero attached hydrogens (tertiary/aromatic N) is 3. The van der Waals surface area contributed by atoms with Crippen molar-refractivity contribution in [1.82, 2.24) is 14.7 Å². The molecular weight excluding hydrogens is 210 g/mol. The maximum Gasteiger partial charge on any atom is 0.338 e. The lowest BCUT2D eigenvalue weighted by Crippen LogP contribution is -2.28. The lowest BCUT2D eigenvalue weighted by atomic mass is 10.4. The van der Waals surface area contributed by atoms with Gasteiger partial charge in [-0.1, -0.05) is 0 Å². The van der Waals surface area contributed by atoms with Crippen LogP contribution in [0.15, 0.2) is 12.4 Å². The molecule has 0 radical (unpaired) electrons. The van der Waals surface area contributed by atoms with Crippen LogP contribution in [0.25, 0.3) is 0 Å². The summed E-state index contributed by atoms with van der Waals surface area (Å²) >= 11 is 0. The molecule has 2 rings (SSSR count). The van der Waals surface area contributed by atoms with Gasteiger partial charge in [0.05, 0.1) is 18.3 Å². The van der Waals surface area contributed by atoms with E-state index in [1.165, 1.54) is 12.4 Å². The van der Waals surface area contributed by atoms with Gasteiger partial charge in [-0.2, -0.15) is 5.10 Å². The molecule has 0 atom stereocenters. The second-order valence-electron chi connectivity index (χ2n) is 3.78. The largest absolute Gasteiger partial charge is 0.478 e. The Labute approximate surface area is 92.5 Å². The number of hydrogen-bond acceptors (Lipinski definition) is 3. The second kappa shape index (κ2) is 4.34. The molecule has 0 aromatic carbocycles. The number of carbonyl (C=O) groups excluding carboxylic acids is 1. The smallest absolute Gasteiger partial charge is 0.338 e. The summed E-state index contributed by atoms with van der Waals surface area (Å²) in [4.78, 5) is 23.7. The summed E-state index contributed by atoms with van der Waals surface area (Å²) in [5.41, 5.74) is 0.174. The summed E-state index contributed by atoms with van der Waals surface area (Å²) in [6, 6.07) is 0. The van der Waals surface area contributed by atoms with Crippen molar-refractivity contribution in [2.45, 2.75) is 19.4 Å². The van der Waals surface area contributed by atoms with E-state index in [2.05, 4.69) is 5.10 Å². The molecule has 1 fully saturated rings. The Morgan fingerprint density at radius 2 is 2.31 bits per heavy atom. The molecule has 6 heteroatoms. The lowest BCUT2D eigenvalue weighted by molar-refractivity contribution is -0.127. The van der Waals surface area contributed by atoms with Crippen LogP contribution in [0.3, 0.4) is 0 Å². The van der Waals surface area contributed by atoms with Crippen LogP contribution < -0.4 is 0 Å². The van der Waals surface area contributed by atoms with Gasteiger partial charge in [0.2, 0.25) is 5.91 Å². The number of hydrogen-bond donors (Lipinski definition) is 1. The molecule has 1 saturated heterocycles. The van der Waals surface area contributed by atoms with Crippen LogP contribution in [-0.4, -0.2) is 44.8 Å². The third kappa shape index (κ3) is 2.21. The molecule has 0 saturated carbocycles. The standard InChI is InChI=1S/C10H13N3O3/c14-9-2-1-3-12(9)4-5-13-7-8(6-11-13)10(15)16/h6-7H,1-5H2,(H,15,16). The summed E-state index contributed by atoms with van der Waals surface area (Å²) in [5.74, 6) is -0.811. The van der Waals surface area contributed by atoms with Gasteiger partial charge < -0.3 is 10.0 Å². The van der Waals surface area contributed by atoms with E-state index in [1.807, 2.05) is 0 Å². The van der Waals surface area contributed by atoms with Crippen LogP contribution in [0, 0.1) is 0 Å². The minimum atomic E-state index is -0.983. The van der Waals surface area contributed by atoms with E-state index in [0.717, 1.165) is 13.0 Å². The van der Waals surface area contributed by atoms with E-state index in [-0.39, 0.29) is 11.5 Å². The molecule has 1 aliphatic heterocycles. The number of aromatic carboxylic acids is 1.